The van der Waals surface area contributed by atoms with E-state index in [-0.39, 0.29) is 11.9 Å². The molecule has 0 aromatic heterocycles. The average molecular weight is 216 g/mol. The Morgan fingerprint density at radius 2 is 2.00 bits per heavy atom. The molecular weight excluding hydrogens is 196 g/mol. The van der Waals surface area contributed by atoms with E-state index in [1.165, 1.54) is 11.9 Å². The van der Waals surface area contributed by atoms with E-state index in [0.29, 0.717) is 32.4 Å². The van der Waals surface area contributed by atoms with Crippen LogP contribution in [0.25, 0.3) is 0 Å². The van der Waals surface area contributed by atoms with Gasteiger partial charge in [0, 0.05) is 19.5 Å². The van der Waals surface area contributed by atoms with Crippen LogP contribution in [-0.4, -0.2) is 35.1 Å². The summed E-state index contributed by atoms with van der Waals surface area (Å²) in [6, 6.07) is 0. The number of hydrogen-bond donors (Lipinski definition) is 1. The highest BCUT2D eigenvalue weighted by Gasteiger charge is 2.04. The minimum atomic E-state index is -0.337. The number of aliphatic hydroxyl groups excluding tert-OH is 1. The van der Waals surface area contributed by atoms with Crippen LogP contribution in [0.4, 0.5) is 0 Å². The molecule has 0 rings (SSSR count). The summed E-state index contributed by atoms with van der Waals surface area (Å²) in [6.07, 6.45) is 2.22. The molecule has 0 saturated heterocycles. The number of Topliss-reactive ketones (excluding diaryl/α,β-unsaturated/α-hetero) is 1. The van der Waals surface area contributed by atoms with Gasteiger partial charge in [0.2, 0.25) is 0 Å². The molecule has 0 saturated carbocycles. The van der Waals surface area contributed by atoms with Gasteiger partial charge in [-0.05, 0) is 33.1 Å². The molecule has 1 unspecified atom stereocenters. The predicted molar refractivity (Wildman–Crippen MR) is 58.2 cm³/mol. The molecule has 88 valence electrons. The van der Waals surface area contributed by atoms with Crippen molar-refractivity contribution < 1.29 is 9.90 Å². The number of aliphatic hydroxyl groups is 1. The van der Waals surface area contributed by atoms with Crippen molar-refractivity contribution in [3.05, 3.63) is 4.91 Å². The highest BCUT2D eigenvalue weighted by atomic mass is 16.3. The van der Waals surface area contributed by atoms with Crippen LogP contribution < -0.4 is 0 Å². The fourth-order valence-electron chi connectivity index (χ4n) is 1.27. The van der Waals surface area contributed by atoms with Gasteiger partial charge in [-0.1, -0.05) is 0 Å². The van der Waals surface area contributed by atoms with Crippen molar-refractivity contribution in [2.24, 2.45) is 5.29 Å². The lowest BCUT2D eigenvalue weighted by Gasteiger charge is -2.14. The summed E-state index contributed by atoms with van der Waals surface area (Å²) < 4.78 is 0. The third-order valence-electron chi connectivity index (χ3n) is 2.10. The van der Waals surface area contributed by atoms with E-state index in [0.717, 1.165) is 6.42 Å². The van der Waals surface area contributed by atoms with Crippen LogP contribution in [0.2, 0.25) is 0 Å². The van der Waals surface area contributed by atoms with E-state index in [1.54, 1.807) is 6.92 Å². The van der Waals surface area contributed by atoms with Crippen molar-refractivity contribution >= 4 is 5.78 Å². The minimum absolute atomic E-state index is 0.129. The first kappa shape index (κ1) is 14.0. The molecule has 0 aromatic carbocycles. The first-order valence-corrected chi connectivity index (χ1v) is 5.32. The smallest absolute Gasteiger partial charge is 0.129 e. The van der Waals surface area contributed by atoms with Gasteiger partial charge in [-0.25, -0.2) is 0 Å². The van der Waals surface area contributed by atoms with Gasteiger partial charge in [0.1, 0.15) is 5.78 Å². The molecule has 0 aliphatic carbocycles. The van der Waals surface area contributed by atoms with E-state index in [2.05, 4.69) is 5.29 Å². The molecule has 0 fully saturated rings. The lowest BCUT2D eigenvalue weighted by atomic mass is 10.2. The maximum atomic E-state index is 10.7. The molecule has 0 aromatic rings. The van der Waals surface area contributed by atoms with E-state index in [1.807, 2.05) is 0 Å². The number of ketones is 1. The summed E-state index contributed by atoms with van der Waals surface area (Å²) in [6.45, 7) is 4.32. The Bertz CT molecular complexity index is 195. The van der Waals surface area contributed by atoms with Gasteiger partial charge in [-0.3, -0.25) is 5.01 Å². The molecule has 0 radical (unpaired) electrons. The quantitative estimate of drug-likeness (QED) is 0.468. The van der Waals surface area contributed by atoms with E-state index >= 15 is 0 Å². The Kier molecular flexibility index (Phi) is 7.81. The SMILES string of the molecule is CC(=O)CCCN(CCCC(C)O)N=O. The molecule has 0 heterocycles. The number of nitroso groups, excluding NO2 is 1. The van der Waals surface area contributed by atoms with Crippen LogP contribution in [0.5, 0.6) is 0 Å². The summed E-state index contributed by atoms with van der Waals surface area (Å²) in [5.74, 6) is 0.129. The molecule has 0 aliphatic heterocycles. The number of nitrogens with zero attached hydrogens (tertiary/aromatic N) is 2. The zero-order valence-electron chi connectivity index (χ0n) is 9.48. The van der Waals surface area contributed by atoms with Gasteiger partial charge in [0.15, 0.2) is 0 Å². The molecule has 1 N–H and O–H groups in total. The number of carbonyl (C=O) groups excluding carboxylic acids is 1. The van der Waals surface area contributed by atoms with Crippen LogP contribution in [0.1, 0.15) is 39.5 Å². The largest absolute Gasteiger partial charge is 0.393 e. The molecule has 5 nitrogen and oxygen atoms in total. The highest BCUT2D eigenvalue weighted by molar-refractivity contribution is 5.75. The van der Waals surface area contributed by atoms with Crippen molar-refractivity contribution in [1.29, 1.82) is 0 Å². The summed E-state index contributed by atoms with van der Waals surface area (Å²) in [5.41, 5.74) is 0. The van der Waals surface area contributed by atoms with Crippen molar-refractivity contribution in [1.82, 2.24) is 5.01 Å². The second kappa shape index (κ2) is 8.35. The minimum Gasteiger partial charge on any atom is -0.393 e. The van der Waals surface area contributed by atoms with Crippen LogP contribution in [0, 0.1) is 4.91 Å². The zero-order chi connectivity index (χ0) is 11.7. The molecule has 0 amide bonds. The van der Waals surface area contributed by atoms with Gasteiger partial charge in [0.05, 0.1) is 11.4 Å². The van der Waals surface area contributed by atoms with Crippen LogP contribution in [-0.2, 0) is 4.79 Å². The standard InChI is InChI=1S/C10H20N2O3/c1-9(13)5-3-7-12(11-15)8-4-6-10(2)14/h9,13H,3-8H2,1-2H3. The molecular formula is C10H20N2O3. The summed E-state index contributed by atoms with van der Waals surface area (Å²) >= 11 is 0. The highest BCUT2D eigenvalue weighted by Crippen LogP contribution is 2.02. The molecule has 0 bridgehead atoms. The van der Waals surface area contributed by atoms with Gasteiger partial charge in [-0.2, -0.15) is 0 Å². The Labute approximate surface area is 90.4 Å². The second-order valence-corrected chi connectivity index (χ2v) is 3.83. The monoisotopic (exact) mass is 216 g/mol. The lowest BCUT2D eigenvalue weighted by molar-refractivity contribution is -0.117. The van der Waals surface area contributed by atoms with Crippen molar-refractivity contribution in [3.8, 4) is 0 Å². The average Bonchev–Trinajstić information content (AvgIpc) is 2.14. The molecule has 15 heavy (non-hydrogen) atoms. The molecule has 5 heteroatoms. The predicted octanol–water partition coefficient (Wildman–Crippen LogP) is 1.50. The lowest BCUT2D eigenvalue weighted by Crippen LogP contribution is -2.20. The fourth-order valence-corrected chi connectivity index (χ4v) is 1.27. The Balaban J connectivity index is 3.55. The van der Waals surface area contributed by atoms with Crippen LogP contribution in [0.15, 0.2) is 5.29 Å². The van der Waals surface area contributed by atoms with E-state index < -0.39 is 0 Å². The first-order chi connectivity index (χ1) is 7.06. The molecule has 0 spiro atoms. The second-order valence-electron chi connectivity index (χ2n) is 3.83. The zero-order valence-corrected chi connectivity index (χ0v) is 9.48. The maximum absolute atomic E-state index is 10.7. The normalized spacial score (nSPS) is 12.2. The van der Waals surface area contributed by atoms with Crippen molar-refractivity contribution in [2.75, 3.05) is 13.1 Å². The Hall–Kier alpha value is -0.970. The summed E-state index contributed by atoms with van der Waals surface area (Å²) in [5, 5.41) is 13.3. The van der Waals surface area contributed by atoms with Crippen molar-refractivity contribution in [2.45, 2.75) is 45.6 Å². The van der Waals surface area contributed by atoms with Gasteiger partial charge in [-0.15, -0.1) is 4.91 Å². The Morgan fingerprint density at radius 3 is 2.47 bits per heavy atom. The maximum Gasteiger partial charge on any atom is 0.129 e. The first-order valence-electron chi connectivity index (χ1n) is 5.32. The molecule has 0 aliphatic rings. The van der Waals surface area contributed by atoms with Gasteiger partial charge >= 0.3 is 0 Å². The van der Waals surface area contributed by atoms with Crippen molar-refractivity contribution in [3.63, 3.8) is 0 Å². The van der Waals surface area contributed by atoms with Gasteiger partial charge in [0.25, 0.3) is 0 Å². The number of rotatable bonds is 9. The summed E-state index contributed by atoms with van der Waals surface area (Å²) in [4.78, 5) is 21.0. The van der Waals surface area contributed by atoms with Gasteiger partial charge < -0.3 is 9.90 Å². The fraction of sp³-hybridized carbons (Fsp3) is 0.900. The number of hydrogen-bond acceptors (Lipinski definition) is 4. The summed E-state index contributed by atoms with van der Waals surface area (Å²) in [7, 11) is 0. The topological polar surface area (TPSA) is 70.0 Å². The Morgan fingerprint density at radius 1 is 1.40 bits per heavy atom. The third-order valence-corrected chi connectivity index (χ3v) is 2.10. The third kappa shape index (κ3) is 9.34. The van der Waals surface area contributed by atoms with Crippen LogP contribution in [0.3, 0.4) is 0 Å². The van der Waals surface area contributed by atoms with E-state index in [9.17, 15) is 9.70 Å². The molecule has 1 atom stereocenters. The van der Waals surface area contributed by atoms with E-state index in [4.69, 9.17) is 5.11 Å². The number of carbonyl (C=O) groups is 1. The van der Waals surface area contributed by atoms with Crippen LogP contribution >= 0.6 is 0 Å².